The van der Waals surface area contributed by atoms with Crippen LogP contribution in [0.25, 0.3) is 0 Å². The highest BCUT2D eigenvalue weighted by atomic mass is 16.5. The Balaban J connectivity index is 1.81. The van der Waals surface area contributed by atoms with Crippen LogP contribution in [-0.2, 0) is 9.47 Å². The molecule has 0 heterocycles. The van der Waals surface area contributed by atoms with Crippen molar-refractivity contribution in [2.75, 3.05) is 6.61 Å². The molecule has 0 unspecified atom stereocenters. The van der Waals surface area contributed by atoms with E-state index in [1.807, 2.05) is 0 Å². The van der Waals surface area contributed by atoms with Gasteiger partial charge in [-0.1, -0.05) is 13.8 Å². The zero-order valence-electron chi connectivity index (χ0n) is 15.6. The highest BCUT2D eigenvalue weighted by Crippen LogP contribution is 2.48. The fourth-order valence-corrected chi connectivity index (χ4v) is 4.87. The third-order valence-electron chi connectivity index (χ3n) is 6.32. The van der Waals surface area contributed by atoms with E-state index < -0.39 is 0 Å². The highest BCUT2D eigenvalue weighted by Gasteiger charge is 2.40. The van der Waals surface area contributed by atoms with Crippen molar-refractivity contribution in [3.63, 3.8) is 0 Å². The Morgan fingerprint density at radius 3 is 1.68 bits per heavy atom. The first-order valence-corrected chi connectivity index (χ1v) is 9.70. The lowest BCUT2D eigenvalue weighted by molar-refractivity contribution is -0.0488. The first-order chi connectivity index (χ1) is 10.4. The summed E-state index contributed by atoms with van der Waals surface area (Å²) in [5, 5.41) is 0. The third kappa shape index (κ3) is 4.71. The van der Waals surface area contributed by atoms with Crippen molar-refractivity contribution in [1.82, 2.24) is 0 Å². The Morgan fingerprint density at radius 1 is 0.818 bits per heavy atom. The Hall–Kier alpha value is -0.0800. The van der Waals surface area contributed by atoms with Gasteiger partial charge in [-0.3, -0.25) is 0 Å². The molecule has 0 spiro atoms. The molecule has 2 aliphatic rings. The maximum absolute atomic E-state index is 6.02. The second kappa shape index (κ2) is 8.15. The molecule has 0 N–H and O–H groups in total. The molecule has 2 nitrogen and oxygen atoms in total. The summed E-state index contributed by atoms with van der Waals surface area (Å²) < 4.78 is 11.8. The number of ether oxygens (including phenoxy) is 2. The third-order valence-corrected chi connectivity index (χ3v) is 6.32. The van der Waals surface area contributed by atoms with Crippen LogP contribution in [0.15, 0.2) is 0 Å². The van der Waals surface area contributed by atoms with E-state index in [1.54, 1.807) is 0 Å². The predicted molar refractivity (Wildman–Crippen MR) is 93.1 cm³/mol. The van der Waals surface area contributed by atoms with E-state index in [1.165, 1.54) is 51.4 Å². The molecule has 0 aromatic heterocycles. The van der Waals surface area contributed by atoms with Crippen LogP contribution in [0, 0.1) is 17.3 Å². The van der Waals surface area contributed by atoms with Crippen molar-refractivity contribution in [3.8, 4) is 0 Å². The molecule has 0 atom stereocenters. The Morgan fingerprint density at radius 2 is 1.27 bits per heavy atom. The van der Waals surface area contributed by atoms with Gasteiger partial charge in [0.15, 0.2) is 0 Å². The first kappa shape index (κ1) is 18.3. The maximum Gasteiger partial charge on any atom is 0.0578 e. The Labute approximate surface area is 138 Å². The summed E-state index contributed by atoms with van der Waals surface area (Å²) in [6, 6.07) is 0. The second-order valence-corrected chi connectivity index (χ2v) is 8.41. The van der Waals surface area contributed by atoms with Crippen molar-refractivity contribution in [2.24, 2.45) is 17.3 Å². The van der Waals surface area contributed by atoms with Gasteiger partial charge in [0.1, 0.15) is 0 Å². The van der Waals surface area contributed by atoms with E-state index >= 15 is 0 Å². The van der Waals surface area contributed by atoms with Gasteiger partial charge in [-0.05, 0) is 89.4 Å². The lowest BCUT2D eigenvalue weighted by Gasteiger charge is -2.46. The molecule has 0 aliphatic heterocycles. The SMILES string of the molecule is CCOC1CCC(C(C)(C)C2CCC(OC(C)C)CC2)CC1. The van der Waals surface area contributed by atoms with Gasteiger partial charge in [-0.15, -0.1) is 0 Å². The van der Waals surface area contributed by atoms with Gasteiger partial charge in [0.2, 0.25) is 0 Å². The summed E-state index contributed by atoms with van der Waals surface area (Å²) in [7, 11) is 0. The smallest absolute Gasteiger partial charge is 0.0578 e. The van der Waals surface area contributed by atoms with Crippen LogP contribution >= 0.6 is 0 Å². The van der Waals surface area contributed by atoms with Gasteiger partial charge in [0.05, 0.1) is 18.3 Å². The fourth-order valence-electron chi connectivity index (χ4n) is 4.87. The van der Waals surface area contributed by atoms with Crippen molar-refractivity contribution in [1.29, 1.82) is 0 Å². The molecule has 22 heavy (non-hydrogen) atoms. The number of hydrogen-bond donors (Lipinski definition) is 0. The molecule has 0 saturated heterocycles. The molecule has 0 aromatic carbocycles. The molecule has 130 valence electrons. The van der Waals surface area contributed by atoms with Gasteiger partial charge in [-0.2, -0.15) is 0 Å². The molecule has 2 saturated carbocycles. The minimum atomic E-state index is 0.378. The average molecular weight is 311 g/mol. The van der Waals surface area contributed by atoms with E-state index in [4.69, 9.17) is 9.47 Å². The van der Waals surface area contributed by atoms with Crippen LogP contribution in [0.3, 0.4) is 0 Å². The second-order valence-electron chi connectivity index (χ2n) is 8.41. The van der Waals surface area contributed by atoms with Crippen LogP contribution in [-0.4, -0.2) is 24.9 Å². The summed E-state index contributed by atoms with van der Waals surface area (Å²) in [4.78, 5) is 0. The molecule has 2 fully saturated rings. The van der Waals surface area contributed by atoms with E-state index in [9.17, 15) is 0 Å². The molecule has 0 radical (unpaired) electrons. The van der Waals surface area contributed by atoms with E-state index in [2.05, 4.69) is 34.6 Å². The summed E-state index contributed by atoms with van der Waals surface area (Å²) in [5.74, 6) is 1.77. The van der Waals surface area contributed by atoms with Crippen molar-refractivity contribution < 1.29 is 9.47 Å². The Kier molecular flexibility index (Phi) is 6.76. The quantitative estimate of drug-likeness (QED) is 0.636. The molecular weight excluding hydrogens is 272 g/mol. The molecule has 0 aromatic rings. The van der Waals surface area contributed by atoms with E-state index in [-0.39, 0.29) is 0 Å². The van der Waals surface area contributed by atoms with Crippen molar-refractivity contribution in [2.45, 2.75) is 104 Å². The summed E-state index contributed by atoms with van der Waals surface area (Å²) in [5.41, 5.74) is 0.486. The molecule has 2 aliphatic carbocycles. The van der Waals surface area contributed by atoms with Crippen LogP contribution in [0.1, 0.15) is 86.0 Å². The van der Waals surface area contributed by atoms with Crippen molar-refractivity contribution >= 4 is 0 Å². The van der Waals surface area contributed by atoms with Gasteiger partial charge < -0.3 is 9.47 Å². The van der Waals surface area contributed by atoms with Crippen LogP contribution in [0.5, 0.6) is 0 Å². The summed E-state index contributed by atoms with van der Waals surface area (Å²) in [6.07, 6.45) is 11.9. The fraction of sp³-hybridized carbons (Fsp3) is 1.00. The highest BCUT2D eigenvalue weighted by molar-refractivity contribution is 4.91. The predicted octanol–water partition coefficient (Wildman–Crippen LogP) is 5.59. The average Bonchev–Trinajstić information content (AvgIpc) is 2.48. The summed E-state index contributed by atoms with van der Waals surface area (Å²) in [6.45, 7) is 12.4. The first-order valence-electron chi connectivity index (χ1n) is 9.70. The minimum Gasteiger partial charge on any atom is -0.379 e. The summed E-state index contributed by atoms with van der Waals surface area (Å²) >= 11 is 0. The standard InChI is InChI=1S/C20H38O2/c1-6-21-18-11-7-16(8-12-18)20(4,5)17-9-13-19(14-10-17)22-15(2)3/h15-19H,6-14H2,1-5H3. The lowest BCUT2D eigenvalue weighted by Crippen LogP contribution is -2.39. The number of rotatable bonds is 6. The van der Waals surface area contributed by atoms with E-state index in [0.717, 1.165) is 18.4 Å². The van der Waals surface area contributed by atoms with Crippen LogP contribution < -0.4 is 0 Å². The molecule has 0 bridgehead atoms. The zero-order valence-corrected chi connectivity index (χ0v) is 15.6. The Bertz CT molecular complexity index is 308. The lowest BCUT2D eigenvalue weighted by atomic mass is 9.60. The molecule has 2 rings (SSSR count). The minimum absolute atomic E-state index is 0.378. The van der Waals surface area contributed by atoms with Gasteiger partial charge in [0.25, 0.3) is 0 Å². The van der Waals surface area contributed by atoms with Crippen LogP contribution in [0.2, 0.25) is 0 Å². The molecule has 2 heteroatoms. The molecular formula is C20H38O2. The van der Waals surface area contributed by atoms with Gasteiger partial charge in [0, 0.05) is 6.61 Å². The van der Waals surface area contributed by atoms with Crippen molar-refractivity contribution in [3.05, 3.63) is 0 Å². The monoisotopic (exact) mass is 310 g/mol. The van der Waals surface area contributed by atoms with E-state index in [0.29, 0.717) is 23.7 Å². The largest absolute Gasteiger partial charge is 0.379 e. The zero-order chi connectivity index (χ0) is 16.2. The topological polar surface area (TPSA) is 18.5 Å². The molecule has 0 amide bonds. The maximum atomic E-state index is 6.02. The normalized spacial score (nSPS) is 34.1. The van der Waals surface area contributed by atoms with Gasteiger partial charge >= 0.3 is 0 Å². The van der Waals surface area contributed by atoms with Crippen LogP contribution in [0.4, 0.5) is 0 Å². The number of hydrogen-bond acceptors (Lipinski definition) is 2. The van der Waals surface area contributed by atoms with Gasteiger partial charge in [-0.25, -0.2) is 0 Å².